The molecule has 0 bridgehead atoms. The van der Waals surface area contributed by atoms with Gasteiger partial charge < -0.3 is 14.9 Å². The molecule has 0 radical (unpaired) electrons. The SMILES string of the molecule is C[N+]1=CC=[N+](CCC(=O)O)C1=C1c2ccc(N3CCC3)cc2[Si](C)(C)c2cc(N3CCC3)ccc21. The molecule has 0 atom stereocenters. The summed E-state index contributed by atoms with van der Waals surface area (Å²) < 4.78 is 4.26. The maximum atomic E-state index is 11.4. The van der Waals surface area contributed by atoms with Gasteiger partial charge in [0.2, 0.25) is 12.4 Å². The van der Waals surface area contributed by atoms with Crippen LogP contribution in [0.3, 0.4) is 0 Å². The first-order valence-electron chi connectivity index (χ1n) is 12.8. The lowest BCUT2D eigenvalue weighted by Crippen LogP contribution is -2.58. The van der Waals surface area contributed by atoms with Crippen molar-refractivity contribution in [3.63, 3.8) is 0 Å². The molecule has 2 fully saturated rings. The van der Waals surface area contributed by atoms with E-state index in [9.17, 15) is 9.90 Å². The fourth-order valence-electron chi connectivity index (χ4n) is 5.85. The van der Waals surface area contributed by atoms with Crippen LogP contribution in [0.25, 0.3) is 5.57 Å². The van der Waals surface area contributed by atoms with Gasteiger partial charge in [0.15, 0.2) is 6.54 Å². The lowest BCUT2D eigenvalue weighted by molar-refractivity contribution is -0.625. The van der Waals surface area contributed by atoms with Gasteiger partial charge in [0.25, 0.3) is 0 Å². The average molecular weight is 487 g/mol. The van der Waals surface area contributed by atoms with Crippen LogP contribution in [0.2, 0.25) is 13.1 Å². The second-order valence-corrected chi connectivity index (χ2v) is 15.0. The molecule has 0 aliphatic carbocycles. The van der Waals surface area contributed by atoms with Crippen LogP contribution in [-0.2, 0) is 4.79 Å². The Kier molecular flexibility index (Phi) is 5.21. The Hall–Kier alpha value is -3.19. The van der Waals surface area contributed by atoms with E-state index >= 15 is 0 Å². The van der Waals surface area contributed by atoms with Crippen LogP contribution in [-0.4, -0.2) is 80.5 Å². The average Bonchev–Trinajstić information content (AvgIpc) is 3.11. The molecule has 0 saturated carbocycles. The van der Waals surface area contributed by atoms with Crippen molar-refractivity contribution in [3.05, 3.63) is 53.3 Å². The fourth-order valence-corrected chi connectivity index (χ4v) is 8.92. The number of fused-ring (bicyclic) bond motifs is 2. The van der Waals surface area contributed by atoms with E-state index in [1.807, 2.05) is 12.4 Å². The van der Waals surface area contributed by atoms with Crippen LogP contribution in [0.1, 0.15) is 30.4 Å². The lowest BCUT2D eigenvalue weighted by atomic mass is 9.95. The third kappa shape index (κ3) is 3.55. The lowest BCUT2D eigenvalue weighted by Gasteiger charge is -2.39. The van der Waals surface area contributed by atoms with Crippen molar-refractivity contribution in [2.75, 3.05) is 49.6 Å². The quantitative estimate of drug-likeness (QED) is 0.520. The van der Waals surface area contributed by atoms with E-state index in [1.54, 1.807) is 0 Å². The summed E-state index contributed by atoms with van der Waals surface area (Å²) in [4.78, 5) is 16.3. The molecule has 2 saturated heterocycles. The third-order valence-corrected chi connectivity index (χ3v) is 11.7. The summed E-state index contributed by atoms with van der Waals surface area (Å²) in [6, 6.07) is 14.1. The maximum absolute atomic E-state index is 11.4. The van der Waals surface area contributed by atoms with Crippen molar-refractivity contribution < 1.29 is 19.1 Å². The van der Waals surface area contributed by atoms with Gasteiger partial charge in [-0.2, -0.15) is 0 Å². The molecule has 7 heteroatoms. The zero-order chi connectivity index (χ0) is 24.3. The van der Waals surface area contributed by atoms with Gasteiger partial charge in [0, 0.05) is 37.6 Å². The highest BCUT2D eigenvalue weighted by Crippen LogP contribution is 2.36. The number of nitrogens with zero attached hydrogens (tertiary/aromatic N) is 4. The Balaban J connectivity index is 1.58. The van der Waals surface area contributed by atoms with Crippen LogP contribution < -0.4 is 20.2 Å². The van der Waals surface area contributed by atoms with Crippen molar-refractivity contribution in [1.29, 1.82) is 0 Å². The van der Waals surface area contributed by atoms with Gasteiger partial charge >= 0.3 is 11.8 Å². The largest absolute Gasteiger partial charge is 0.481 e. The van der Waals surface area contributed by atoms with Crippen molar-refractivity contribution >= 4 is 53.8 Å². The summed E-state index contributed by atoms with van der Waals surface area (Å²) in [5.41, 5.74) is 6.51. The highest BCUT2D eigenvalue weighted by atomic mass is 28.3. The van der Waals surface area contributed by atoms with Crippen LogP contribution in [0, 0.1) is 0 Å². The van der Waals surface area contributed by atoms with Crippen molar-refractivity contribution in [2.24, 2.45) is 0 Å². The van der Waals surface area contributed by atoms with Crippen molar-refractivity contribution in [2.45, 2.75) is 32.4 Å². The molecule has 4 heterocycles. The standard InChI is InChI=1S/C28H33N4O2Si/c1-29-16-17-32(15-10-26(33)34)28(29)27-22-8-6-20(30-11-4-12-30)18-24(22)35(2,3)25-19-21(7-9-23(25)27)31-13-5-14-31/h6-9,16-19H,4-5,10-15H2,1-3H3/q+1/p+1. The first-order valence-corrected chi connectivity index (χ1v) is 15.8. The molecule has 6 nitrogen and oxygen atoms in total. The van der Waals surface area contributed by atoms with E-state index in [4.69, 9.17) is 0 Å². The van der Waals surface area contributed by atoms with Gasteiger partial charge in [-0.3, -0.25) is 4.79 Å². The van der Waals surface area contributed by atoms with E-state index < -0.39 is 14.0 Å². The molecule has 1 N–H and O–H groups in total. The predicted octanol–water partition coefficient (Wildman–Crippen LogP) is 2.24. The summed E-state index contributed by atoms with van der Waals surface area (Å²) in [6.07, 6.45) is 6.71. The highest BCUT2D eigenvalue weighted by molar-refractivity contribution is 7.02. The Morgan fingerprint density at radius 1 is 0.914 bits per heavy atom. The first-order chi connectivity index (χ1) is 16.8. The van der Waals surface area contributed by atoms with E-state index in [-0.39, 0.29) is 6.42 Å². The Labute approximate surface area is 208 Å². The van der Waals surface area contributed by atoms with Gasteiger partial charge in [-0.1, -0.05) is 25.2 Å². The Morgan fingerprint density at radius 3 is 1.91 bits per heavy atom. The highest BCUT2D eigenvalue weighted by Gasteiger charge is 2.44. The van der Waals surface area contributed by atoms with Crippen LogP contribution in [0.5, 0.6) is 0 Å². The molecule has 2 aromatic rings. The number of rotatable bonds is 5. The summed E-state index contributed by atoms with van der Waals surface area (Å²) in [5.74, 6) is 0.306. The van der Waals surface area contributed by atoms with E-state index in [2.05, 4.69) is 75.5 Å². The van der Waals surface area contributed by atoms with Crippen LogP contribution in [0.4, 0.5) is 11.4 Å². The van der Waals surface area contributed by atoms with Gasteiger partial charge in [0.1, 0.15) is 27.1 Å². The monoisotopic (exact) mass is 486 g/mol. The summed E-state index contributed by atoms with van der Waals surface area (Å²) >= 11 is 0. The molecule has 6 rings (SSSR count). The van der Waals surface area contributed by atoms with Gasteiger partial charge in [-0.15, -0.1) is 9.15 Å². The maximum Gasteiger partial charge on any atom is 0.452 e. The van der Waals surface area contributed by atoms with Gasteiger partial charge in [0.05, 0.1) is 0 Å². The number of hydrogen-bond donors (Lipinski definition) is 1. The summed E-state index contributed by atoms with van der Waals surface area (Å²) in [7, 11) is 0.0926. The zero-order valence-corrected chi connectivity index (χ0v) is 21.9. The number of aliphatic carboxylic acids is 1. The zero-order valence-electron chi connectivity index (χ0n) is 20.9. The molecule has 0 unspecified atom stereocenters. The molecular weight excluding hydrogens is 452 g/mol. The molecule has 0 amide bonds. The summed E-state index contributed by atoms with van der Waals surface area (Å²) in [6.45, 7) is 9.99. The number of anilines is 2. The molecule has 4 aliphatic rings. The van der Waals surface area contributed by atoms with E-state index in [1.165, 1.54) is 51.3 Å². The minimum absolute atomic E-state index is 0.108. The van der Waals surface area contributed by atoms with Gasteiger partial charge in [-0.25, -0.2) is 0 Å². The molecular formula is C28H34N4O2Si+2. The number of carbonyl (C=O) groups is 1. The van der Waals surface area contributed by atoms with E-state index in [0.29, 0.717) is 6.54 Å². The number of benzene rings is 2. The second kappa shape index (κ2) is 8.19. The topological polar surface area (TPSA) is 49.8 Å². The Morgan fingerprint density at radius 2 is 1.46 bits per heavy atom. The van der Waals surface area contributed by atoms with Crippen molar-refractivity contribution in [3.8, 4) is 0 Å². The van der Waals surface area contributed by atoms with Crippen molar-refractivity contribution in [1.82, 2.24) is 0 Å². The normalized spacial score (nSPS) is 20.0. The molecule has 180 valence electrons. The molecule has 2 aromatic carbocycles. The van der Waals surface area contributed by atoms with Crippen LogP contribution >= 0.6 is 0 Å². The molecule has 4 aliphatic heterocycles. The fraction of sp³-hybridized carbons (Fsp3) is 0.393. The first kappa shape index (κ1) is 22.3. The molecule has 0 aromatic heterocycles. The minimum Gasteiger partial charge on any atom is -0.481 e. The third-order valence-electron chi connectivity index (χ3n) is 8.20. The molecule has 0 spiro atoms. The minimum atomic E-state index is -1.98. The number of hydrogen-bond acceptors (Lipinski definition) is 3. The van der Waals surface area contributed by atoms with E-state index in [0.717, 1.165) is 32.0 Å². The summed E-state index contributed by atoms with van der Waals surface area (Å²) in [5, 5.41) is 12.3. The number of carboxylic acid groups (broad SMARTS) is 1. The molecule has 35 heavy (non-hydrogen) atoms. The van der Waals surface area contributed by atoms with Crippen LogP contribution in [0.15, 0.2) is 42.2 Å². The second-order valence-electron chi connectivity index (χ2n) is 10.7. The smallest absolute Gasteiger partial charge is 0.452 e. The van der Waals surface area contributed by atoms with Gasteiger partial charge in [-0.05, 0) is 58.6 Å². The number of carboxylic acids is 1. The Bertz CT molecular complexity index is 1260. The predicted molar refractivity (Wildman–Crippen MR) is 145 cm³/mol.